The van der Waals surface area contributed by atoms with E-state index in [1.54, 1.807) is 10.9 Å². The second-order valence-electron chi connectivity index (χ2n) is 6.54. The van der Waals surface area contributed by atoms with Crippen LogP contribution in [0.2, 0.25) is 0 Å². The molecule has 0 unspecified atom stereocenters. The summed E-state index contributed by atoms with van der Waals surface area (Å²) >= 11 is 0. The molecule has 1 aromatic carbocycles. The standard InChI is InChI=1S/C17H16N4O2/c1-17(2,3)21-15-11(9-18-21)14(19-20-16(15)22)13-8-10-6-4-5-7-12(10)23-13/h4-9H,1-3H3,(H,20,22). The van der Waals surface area contributed by atoms with Crippen LogP contribution >= 0.6 is 0 Å². The molecule has 4 rings (SSSR count). The van der Waals surface area contributed by atoms with Gasteiger partial charge in [0.1, 0.15) is 16.8 Å². The molecular weight excluding hydrogens is 292 g/mol. The zero-order valence-electron chi connectivity index (χ0n) is 13.1. The summed E-state index contributed by atoms with van der Waals surface area (Å²) in [5.41, 5.74) is 1.31. The number of fused-ring (bicyclic) bond motifs is 2. The van der Waals surface area contributed by atoms with Crippen LogP contribution in [-0.4, -0.2) is 20.0 Å². The summed E-state index contributed by atoms with van der Waals surface area (Å²) in [6.45, 7) is 6.00. The Morgan fingerprint density at radius 2 is 2.00 bits per heavy atom. The lowest BCUT2D eigenvalue weighted by atomic mass is 10.1. The van der Waals surface area contributed by atoms with E-state index >= 15 is 0 Å². The number of hydrogen-bond donors (Lipinski definition) is 1. The maximum atomic E-state index is 12.3. The molecule has 0 bridgehead atoms. The highest BCUT2D eigenvalue weighted by molar-refractivity contribution is 5.93. The first-order valence-electron chi connectivity index (χ1n) is 7.41. The molecule has 0 amide bonds. The molecule has 0 saturated heterocycles. The van der Waals surface area contributed by atoms with Crippen LogP contribution in [0.1, 0.15) is 20.8 Å². The Balaban J connectivity index is 2.03. The van der Waals surface area contributed by atoms with Gasteiger partial charge in [0.15, 0.2) is 5.76 Å². The SMILES string of the molecule is CC(C)(C)n1ncc2c(-c3cc4ccccc4o3)n[nH]c(=O)c21. The summed E-state index contributed by atoms with van der Waals surface area (Å²) in [6.07, 6.45) is 1.67. The highest BCUT2D eigenvalue weighted by Gasteiger charge is 2.22. The molecule has 4 aromatic rings. The Bertz CT molecular complexity index is 1050. The van der Waals surface area contributed by atoms with Crippen molar-refractivity contribution in [2.45, 2.75) is 26.3 Å². The molecule has 0 radical (unpaired) electrons. The van der Waals surface area contributed by atoms with Crippen molar-refractivity contribution in [3.05, 3.63) is 46.9 Å². The molecule has 6 heteroatoms. The van der Waals surface area contributed by atoms with E-state index in [0.717, 1.165) is 11.0 Å². The van der Waals surface area contributed by atoms with Gasteiger partial charge in [0.25, 0.3) is 5.56 Å². The molecule has 0 aliphatic heterocycles. The van der Waals surface area contributed by atoms with Crippen LogP contribution < -0.4 is 5.56 Å². The Kier molecular flexibility index (Phi) is 2.72. The van der Waals surface area contributed by atoms with Gasteiger partial charge in [-0.15, -0.1) is 0 Å². The Morgan fingerprint density at radius 3 is 2.74 bits per heavy atom. The van der Waals surface area contributed by atoms with E-state index in [1.807, 2.05) is 51.1 Å². The lowest BCUT2D eigenvalue weighted by Crippen LogP contribution is -2.26. The van der Waals surface area contributed by atoms with Gasteiger partial charge >= 0.3 is 0 Å². The first-order valence-corrected chi connectivity index (χ1v) is 7.41. The van der Waals surface area contributed by atoms with Crippen LogP contribution in [0.5, 0.6) is 0 Å². The van der Waals surface area contributed by atoms with Gasteiger partial charge in [0.2, 0.25) is 0 Å². The number of hydrogen-bond acceptors (Lipinski definition) is 4. The fourth-order valence-electron chi connectivity index (χ4n) is 2.76. The number of H-pyrrole nitrogens is 1. The highest BCUT2D eigenvalue weighted by atomic mass is 16.3. The smallest absolute Gasteiger partial charge is 0.290 e. The molecule has 116 valence electrons. The molecule has 23 heavy (non-hydrogen) atoms. The van der Waals surface area contributed by atoms with Gasteiger partial charge in [0.05, 0.1) is 17.1 Å². The summed E-state index contributed by atoms with van der Waals surface area (Å²) in [7, 11) is 0. The van der Waals surface area contributed by atoms with Crippen LogP contribution in [0, 0.1) is 0 Å². The first kappa shape index (κ1) is 13.8. The van der Waals surface area contributed by atoms with Crippen LogP contribution in [0.25, 0.3) is 33.3 Å². The zero-order chi connectivity index (χ0) is 16.2. The van der Waals surface area contributed by atoms with E-state index in [2.05, 4.69) is 15.3 Å². The molecular formula is C17H16N4O2. The number of aromatic amines is 1. The molecule has 0 aliphatic carbocycles. The summed E-state index contributed by atoms with van der Waals surface area (Å²) in [5, 5.41) is 12.8. The van der Waals surface area contributed by atoms with Crippen molar-refractivity contribution >= 4 is 21.9 Å². The molecule has 3 heterocycles. The van der Waals surface area contributed by atoms with Crippen molar-refractivity contribution < 1.29 is 4.42 Å². The molecule has 0 spiro atoms. The van der Waals surface area contributed by atoms with Gasteiger partial charge in [-0.05, 0) is 32.9 Å². The number of nitrogens with one attached hydrogen (secondary N) is 1. The average Bonchev–Trinajstić information content (AvgIpc) is 3.11. The summed E-state index contributed by atoms with van der Waals surface area (Å²) in [5.74, 6) is 0.612. The Labute approximate surface area is 131 Å². The van der Waals surface area contributed by atoms with Gasteiger partial charge in [0, 0.05) is 5.39 Å². The fraction of sp³-hybridized carbons (Fsp3) is 0.235. The molecule has 0 saturated carbocycles. The minimum atomic E-state index is -0.304. The Morgan fingerprint density at radius 1 is 1.22 bits per heavy atom. The molecule has 0 fully saturated rings. The van der Waals surface area contributed by atoms with Crippen LogP contribution in [0.4, 0.5) is 0 Å². The van der Waals surface area contributed by atoms with Gasteiger partial charge < -0.3 is 4.42 Å². The quantitative estimate of drug-likeness (QED) is 0.585. The van der Waals surface area contributed by atoms with Crippen molar-refractivity contribution in [1.29, 1.82) is 0 Å². The zero-order valence-corrected chi connectivity index (χ0v) is 13.1. The predicted octanol–water partition coefficient (Wildman–Crippen LogP) is 3.29. The van der Waals surface area contributed by atoms with Crippen molar-refractivity contribution in [3.63, 3.8) is 0 Å². The third kappa shape index (κ3) is 2.06. The van der Waals surface area contributed by atoms with Crippen LogP contribution in [-0.2, 0) is 5.54 Å². The van der Waals surface area contributed by atoms with E-state index in [-0.39, 0.29) is 11.1 Å². The van der Waals surface area contributed by atoms with E-state index in [4.69, 9.17) is 4.42 Å². The monoisotopic (exact) mass is 308 g/mol. The molecule has 3 aromatic heterocycles. The lowest BCUT2D eigenvalue weighted by Gasteiger charge is -2.19. The van der Waals surface area contributed by atoms with Crippen molar-refractivity contribution in [2.75, 3.05) is 0 Å². The number of rotatable bonds is 1. The topological polar surface area (TPSA) is 76.7 Å². The first-order chi connectivity index (χ1) is 10.9. The maximum Gasteiger partial charge on any atom is 0.290 e. The van der Waals surface area contributed by atoms with E-state index in [9.17, 15) is 4.79 Å². The predicted molar refractivity (Wildman–Crippen MR) is 88.4 cm³/mol. The van der Waals surface area contributed by atoms with Gasteiger partial charge in [-0.25, -0.2) is 5.10 Å². The second-order valence-corrected chi connectivity index (χ2v) is 6.54. The average molecular weight is 308 g/mol. The summed E-state index contributed by atoms with van der Waals surface area (Å²) < 4.78 is 7.59. The highest BCUT2D eigenvalue weighted by Crippen LogP contribution is 2.31. The molecule has 1 N–H and O–H groups in total. The fourth-order valence-corrected chi connectivity index (χ4v) is 2.76. The molecule has 0 atom stereocenters. The maximum absolute atomic E-state index is 12.3. The van der Waals surface area contributed by atoms with E-state index < -0.39 is 0 Å². The van der Waals surface area contributed by atoms with E-state index in [1.165, 1.54) is 0 Å². The third-order valence-electron chi connectivity index (χ3n) is 3.80. The summed E-state index contributed by atoms with van der Waals surface area (Å²) in [6, 6.07) is 9.67. The Hall–Kier alpha value is -2.89. The number of aromatic nitrogens is 4. The summed E-state index contributed by atoms with van der Waals surface area (Å²) in [4.78, 5) is 12.3. The van der Waals surface area contributed by atoms with Crippen molar-refractivity contribution in [2.24, 2.45) is 0 Å². The van der Waals surface area contributed by atoms with Crippen molar-refractivity contribution in [1.82, 2.24) is 20.0 Å². The van der Waals surface area contributed by atoms with Crippen LogP contribution in [0.15, 0.2) is 45.7 Å². The van der Waals surface area contributed by atoms with Crippen LogP contribution in [0.3, 0.4) is 0 Å². The largest absolute Gasteiger partial charge is 0.454 e. The number of furan rings is 1. The minimum absolute atomic E-state index is 0.257. The number of para-hydroxylation sites is 1. The normalized spacial score (nSPS) is 12.3. The number of nitrogens with zero attached hydrogens (tertiary/aromatic N) is 3. The van der Waals surface area contributed by atoms with Gasteiger partial charge in [-0.1, -0.05) is 18.2 Å². The molecule has 0 aliphatic rings. The lowest BCUT2D eigenvalue weighted by molar-refractivity contribution is 0.367. The van der Waals surface area contributed by atoms with E-state index in [0.29, 0.717) is 22.4 Å². The van der Waals surface area contributed by atoms with Gasteiger partial charge in [-0.3, -0.25) is 9.48 Å². The minimum Gasteiger partial charge on any atom is -0.454 e. The van der Waals surface area contributed by atoms with Gasteiger partial charge in [-0.2, -0.15) is 10.2 Å². The van der Waals surface area contributed by atoms with Crippen molar-refractivity contribution in [3.8, 4) is 11.5 Å². The number of benzene rings is 1. The molecule has 6 nitrogen and oxygen atoms in total. The second kappa shape index (κ2) is 4.55. The third-order valence-corrected chi connectivity index (χ3v) is 3.80.